The first-order valence-electron chi connectivity index (χ1n) is 18.6. The van der Waals surface area contributed by atoms with Crippen molar-refractivity contribution in [1.29, 1.82) is 0 Å². The maximum atomic E-state index is 4.88. The molecule has 1 heterocycles. The molecule has 0 spiro atoms. The minimum Gasteiger partial charge on any atom is -0.297 e. The molecule has 238 valence electrons. The van der Waals surface area contributed by atoms with Crippen molar-refractivity contribution in [1.82, 2.24) is 9.55 Å². The number of hydrogen-bond donors (Lipinski definition) is 0. The fourth-order valence-corrected chi connectivity index (χ4v) is 8.94. The van der Waals surface area contributed by atoms with E-state index in [1.165, 1.54) is 110 Å². The Hall–Kier alpha value is -4.82. The summed E-state index contributed by atoms with van der Waals surface area (Å²) in [4.78, 5) is 4.88. The molecule has 0 atom stereocenters. The van der Waals surface area contributed by atoms with Crippen molar-refractivity contribution in [2.45, 2.75) is 6.92 Å². The molecule has 52 heavy (non-hydrogen) atoms. The zero-order valence-electron chi connectivity index (χ0n) is 32.6. The summed E-state index contributed by atoms with van der Waals surface area (Å²) in [6.07, 6.45) is 0. The number of nitrogens with zero attached hydrogens (tertiary/aromatic N) is 2. The van der Waals surface area contributed by atoms with Gasteiger partial charge in [-0.05, 0) is 92.2 Å². The quantitative estimate of drug-likeness (QED) is 0.137. The Balaban J connectivity index is 1.51. The van der Waals surface area contributed by atoms with E-state index in [1.54, 1.807) is 0 Å². The Bertz CT molecular complexity index is 2770. The Kier molecular flexibility index (Phi) is 8.37. The molecule has 0 aliphatic carbocycles. The molecule has 0 aliphatic heterocycles. The third kappa shape index (κ3) is 5.05. The van der Waals surface area contributed by atoms with Crippen LogP contribution < -0.4 is 54.6 Å². The van der Waals surface area contributed by atoms with E-state index >= 15 is 0 Å². The van der Waals surface area contributed by atoms with Crippen molar-refractivity contribution in [3.63, 3.8) is 0 Å². The van der Waals surface area contributed by atoms with Crippen LogP contribution in [-0.4, -0.2) is 88.0 Å². The number of fused-ring (bicyclic) bond motifs is 3. The topological polar surface area (TPSA) is 17.8 Å². The highest BCUT2D eigenvalue weighted by molar-refractivity contribution is 6.70. The highest BCUT2D eigenvalue weighted by atomic mass is 15.1. The largest absolute Gasteiger partial charge is 0.297 e. The highest BCUT2D eigenvalue weighted by Crippen LogP contribution is 2.43. The molecule has 0 fully saturated rings. The Morgan fingerprint density at radius 2 is 0.865 bits per heavy atom. The average molecular weight is 655 g/mol. The van der Waals surface area contributed by atoms with E-state index in [0.717, 1.165) is 22.5 Å². The van der Waals surface area contributed by atoms with Gasteiger partial charge in [-0.1, -0.05) is 82.5 Å². The maximum Gasteiger partial charge on any atom is 0.139 e. The van der Waals surface area contributed by atoms with Gasteiger partial charge in [0.1, 0.15) is 84.3 Å². The first kappa shape index (κ1) is 34.3. The lowest BCUT2D eigenvalue weighted by molar-refractivity contribution is 1.00. The minimum absolute atomic E-state index is 0.987. The molecule has 0 saturated heterocycles. The fraction of sp³-hybridized carbons (Fsp3) is 0.0250. The smallest absolute Gasteiger partial charge is 0.139 e. The Morgan fingerprint density at radius 1 is 0.404 bits per heavy atom. The zero-order valence-corrected chi connectivity index (χ0v) is 32.6. The van der Waals surface area contributed by atoms with Crippen LogP contribution in [0.5, 0.6) is 0 Å². The summed E-state index contributed by atoms with van der Waals surface area (Å²) < 4.78 is 2.27. The average Bonchev–Trinajstić information content (AvgIpc) is 3.50. The van der Waals surface area contributed by atoms with Gasteiger partial charge in [0.05, 0.1) is 11.0 Å². The SMILES string of the molecule is Bc1c(B)c(B)c(-c2c3ccccc3c(-c3c(B)c(B)c(B)c(B)c3B)c3cc(-c4cccc(-n5c(C)nc6ccccc65)c4)ccc23)c(B)c1B. The zero-order chi connectivity index (χ0) is 36.7. The lowest BCUT2D eigenvalue weighted by Gasteiger charge is -2.27. The summed E-state index contributed by atoms with van der Waals surface area (Å²) >= 11 is 0. The lowest BCUT2D eigenvalue weighted by Crippen LogP contribution is -2.55. The van der Waals surface area contributed by atoms with Crippen molar-refractivity contribution < 1.29 is 0 Å². The third-order valence-electron chi connectivity index (χ3n) is 12.7. The van der Waals surface area contributed by atoms with Crippen molar-refractivity contribution >= 4 is 166 Å². The van der Waals surface area contributed by atoms with Crippen LogP contribution in [0.25, 0.3) is 71.6 Å². The van der Waals surface area contributed by atoms with Crippen LogP contribution in [0, 0.1) is 6.92 Å². The number of benzene rings is 7. The van der Waals surface area contributed by atoms with Crippen molar-refractivity contribution in [2.75, 3.05) is 0 Å². The van der Waals surface area contributed by atoms with E-state index in [0.29, 0.717) is 0 Å². The van der Waals surface area contributed by atoms with Gasteiger partial charge in [-0.2, -0.15) is 0 Å². The molecule has 8 rings (SSSR count). The summed E-state index contributed by atoms with van der Waals surface area (Å²) in [7, 11) is 23.0. The van der Waals surface area contributed by atoms with E-state index < -0.39 is 0 Å². The summed E-state index contributed by atoms with van der Waals surface area (Å²) in [6.45, 7) is 2.09. The van der Waals surface area contributed by atoms with E-state index in [9.17, 15) is 0 Å². The van der Waals surface area contributed by atoms with Gasteiger partial charge < -0.3 is 0 Å². The molecular weight excluding hydrogens is 617 g/mol. The second-order valence-electron chi connectivity index (χ2n) is 15.1. The Labute approximate surface area is 316 Å². The van der Waals surface area contributed by atoms with Gasteiger partial charge in [0.15, 0.2) is 0 Å². The molecular formula is C40H38B10N2. The molecule has 0 N–H and O–H groups in total. The molecule has 8 aromatic rings. The maximum absolute atomic E-state index is 4.88. The standard InChI is InChI=1S/C40H38B10N2/c1-17-51-25-11-4-5-12-26(25)52(17)20-8-6-7-18(15-20)19-13-14-23-24(16-19)28(30-33(43)37(47)40(50)38(48)34(30)44)22-10-3-2-9-21(22)27(23)29-31(41)35(45)39(49)36(46)32(29)42/h2-16H,41-50H2,1H3. The van der Waals surface area contributed by atoms with Crippen LogP contribution >= 0.6 is 0 Å². The normalized spacial score (nSPS) is 11.6. The van der Waals surface area contributed by atoms with Crippen molar-refractivity contribution in [3.8, 4) is 39.1 Å². The van der Waals surface area contributed by atoms with Crippen LogP contribution in [0.1, 0.15) is 5.82 Å². The fourth-order valence-electron chi connectivity index (χ4n) is 8.94. The van der Waals surface area contributed by atoms with Gasteiger partial charge in [-0.25, -0.2) is 4.98 Å². The highest BCUT2D eigenvalue weighted by Gasteiger charge is 2.24. The second-order valence-corrected chi connectivity index (χ2v) is 15.1. The van der Waals surface area contributed by atoms with E-state index in [-0.39, 0.29) is 0 Å². The van der Waals surface area contributed by atoms with Crippen LogP contribution in [0.2, 0.25) is 0 Å². The van der Waals surface area contributed by atoms with Crippen LogP contribution in [-0.2, 0) is 0 Å². The predicted molar refractivity (Wildman–Crippen MR) is 259 cm³/mol. The minimum atomic E-state index is 0.987. The molecule has 0 aliphatic rings. The van der Waals surface area contributed by atoms with Crippen LogP contribution in [0.4, 0.5) is 0 Å². The first-order chi connectivity index (χ1) is 24.9. The van der Waals surface area contributed by atoms with E-state index in [4.69, 9.17) is 4.98 Å². The molecule has 7 aromatic carbocycles. The molecule has 1 aromatic heterocycles. The molecule has 0 saturated carbocycles. The van der Waals surface area contributed by atoms with Gasteiger partial charge in [0.2, 0.25) is 0 Å². The molecule has 0 unspecified atom stereocenters. The molecule has 0 bridgehead atoms. The van der Waals surface area contributed by atoms with E-state index in [1.807, 2.05) is 0 Å². The van der Waals surface area contributed by atoms with Gasteiger partial charge in [-0.15, -0.1) is 32.8 Å². The van der Waals surface area contributed by atoms with Crippen LogP contribution in [0.3, 0.4) is 0 Å². The predicted octanol–water partition coefficient (Wildman–Crippen LogP) is -6.77. The number of aryl methyl sites for hydroxylation is 1. The second kappa shape index (κ2) is 12.7. The first-order valence-corrected chi connectivity index (χ1v) is 18.6. The number of para-hydroxylation sites is 2. The monoisotopic (exact) mass is 656 g/mol. The van der Waals surface area contributed by atoms with Crippen molar-refractivity contribution in [3.05, 3.63) is 96.8 Å². The van der Waals surface area contributed by atoms with Gasteiger partial charge in [0, 0.05) is 5.69 Å². The molecule has 12 heteroatoms. The molecule has 2 nitrogen and oxygen atoms in total. The summed E-state index contributed by atoms with van der Waals surface area (Å²) in [6, 6.07) is 33.7. The Morgan fingerprint density at radius 3 is 1.44 bits per heavy atom. The van der Waals surface area contributed by atoms with Crippen LogP contribution in [0.15, 0.2) is 91.0 Å². The number of rotatable bonds is 4. The van der Waals surface area contributed by atoms with Gasteiger partial charge >= 0.3 is 0 Å². The lowest BCUT2D eigenvalue weighted by atomic mass is 9.58. The third-order valence-corrected chi connectivity index (χ3v) is 12.7. The van der Waals surface area contributed by atoms with E-state index in [2.05, 4.69) is 181 Å². The summed E-state index contributed by atoms with van der Waals surface area (Å²) in [5, 5.41) is 5.21. The molecule has 0 amide bonds. The van der Waals surface area contributed by atoms with Gasteiger partial charge in [0.25, 0.3) is 0 Å². The van der Waals surface area contributed by atoms with Gasteiger partial charge in [-0.3, -0.25) is 4.57 Å². The summed E-state index contributed by atoms with van der Waals surface area (Å²) in [5.41, 5.74) is 24.8. The molecule has 0 radical (unpaired) electrons. The number of hydrogen-bond acceptors (Lipinski definition) is 1. The van der Waals surface area contributed by atoms with Crippen molar-refractivity contribution in [2.24, 2.45) is 0 Å². The number of aromatic nitrogens is 2. The number of imidazole rings is 1. The summed E-state index contributed by atoms with van der Waals surface area (Å²) in [5.74, 6) is 0.987.